The first-order valence-corrected chi connectivity index (χ1v) is 10.5. The van der Waals surface area contributed by atoms with Crippen molar-refractivity contribution in [3.05, 3.63) is 71.0 Å². The Bertz CT molecular complexity index is 1090. The van der Waals surface area contributed by atoms with Crippen molar-refractivity contribution in [2.45, 2.75) is 25.7 Å². The van der Waals surface area contributed by atoms with Gasteiger partial charge in [-0.3, -0.25) is 4.79 Å². The predicted octanol–water partition coefficient (Wildman–Crippen LogP) is 3.62. The van der Waals surface area contributed by atoms with Crippen LogP contribution in [0.25, 0.3) is 12.2 Å². The van der Waals surface area contributed by atoms with E-state index in [0.29, 0.717) is 23.0 Å². The fourth-order valence-corrected chi connectivity index (χ4v) is 3.63. The lowest BCUT2D eigenvalue weighted by Gasteiger charge is -2.26. The number of nitrogens with two attached hydrogens (primary N) is 2. The topological polar surface area (TPSA) is 111 Å². The quantitative estimate of drug-likeness (QED) is 0.468. The van der Waals surface area contributed by atoms with Crippen LogP contribution in [0.3, 0.4) is 0 Å². The second-order valence-electron chi connectivity index (χ2n) is 7.65. The van der Waals surface area contributed by atoms with Gasteiger partial charge < -0.3 is 16.4 Å². The Kier molecular flexibility index (Phi) is 6.21. The Morgan fingerprint density at radius 1 is 0.903 bits per heavy atom. The zero-order chi connectivity index (χ0) is 21.6. The summed E-state index contributed by atoms with van der Waals surface area (Å²) in [6, 6.07) is 14.9. The van der Waals surface area contributed by atoms with Crippen molar-refractivity contribution in [3.63, 3.8) is 0 Å². The van der Waals surface area contributed by atoms with Crippen molar-refractivity contribution < 1.29 is 4.79 Å². The number of Topliss-reactive ketones (excluding diaryl/α,β-unsaturated/α-hetero) is 1. The number of hydrogen-bond donors (Lipinski definition) is 2. The van der Waals surface area contributed by atoms with Crippen molar-refractivity contribution in [1.29, 1.82) is 0 Å². The molecule has 1 fully saturated rings. The van der Waals surface area contributed by atoms with Crippen LogP contribution in [-0.2, 0) is 6.42 Å². The average Bonchev–Trinajstić information content (AvgIpc) is 2.80. The number of piperidine rings is 1. The summed E-state index contributed by atoms with van der Waals surface area (Å²) in [6.07, 6.45) is 7.51. The van der Waals surface area contributed by atoms with Gasteiger partial charge in [0, 0.05) is 30.8 Å². The molecule has 7 nitrogen and oxygen atoms in total. The van der Waals surface area contributed by atoms with Gasteiger partial charge in [-0.1, -0.05) is 48.5 Å². The number of para-hydroxylation sites is 1. The Balaban J connectivity index is 1.44. The van der Waals surface area contributed by atoms with E-state index in [1.807, 2.05) is 54.6 Å². The molecule has 0 amide bonds. The minimum absolute atomic E-state index is 0.0323. The molecule has 2 heterocycles. The average molecular weight is 415 g/mol. The molecule has 1 aliphatic rings. The molecule has 158 valence electrons. The van der Waals surface area contributed by atoms with E-state index in [9.17, 15) is 4.79 Å². The molecule has 3 aromatic rings. The van der Waals surface area contributed by atoms with Crippen LogP contribution in [0.4, 0.5) is 17.6 Å². The number of ketones is 1. The highest BCUT2D eigenvalue weighted by Gasteiger charge is 2.15. The molecular weight excluding hydrogens is 388 g/mol. The summed E-state index contributed by atoms with van der Waals surface area (Å²) in [5.41, 5.74) is 14.9. The van der Waals surface area contributed by atoms with Crippen LogP contribution in [0.1, 0.15) is 46.6 Å². The number of anilines is 3. The molecule has 1 aliphatic heterocycles. The molecule has 0 aliphatic carbocycles. The summed E-state index contributed by atoms with van der Waals surface area (Å²) in [5.74, 6) is 1.40. The largest absolute Gasteiger partial charge is 0.398 e. The molecule has 0 radical (unpaired) electrons. The Hall–Kier alpha value is -3.74. The summed E-state index contributed by atoms with van der Waals surface area (Å²) >= 11 is 0. The van der Waals surface area contributed by atoms with E-state index >= 15 is 0 Å². The van der Waals surface area contributed by atoms with E-state index < -0.39 is 0 Å². The number of benzene rings is 2. The van der Waals surface area contributed by atoms with Gasteiger partial charge in [0.15, 0.2) is 11.6 Å². The van der Waals surface area contributed by atoms with Crippen molar-refractivity contribution >= 4 is 35.5 Å². The summed E-state index contributed by atoms with van der Waals surface area (Å²) in [6.45, 7) is 1.88. The number of aromatic nitrogens is 3. The molecule has 31 heavy (non-hydrogen) atoms. The molecule has 7 heteroatoms. The number of nitrogens with zero attached hydrogens (tertiary/aromatic N) is 4. The first-order chi connectivity index (χ1) is 15.1. The van der Waals surface area contributed by atoms with E-state index in [1.54, 1.807) is 6.07 Å². The predicted molar refractivity (Wildman–Crippen MR) is 125 cm³/mol. The minimum Gasteiger partial charge on any atom is -0.398 e. The summed E-state index contributed by atoms with van der Waals surface area (Å²) in [7, 11) is 0. The monoisotopic (exact) mass is 414 g/mol. The zero-order valence-corrected chi connectivity index (χ0v) is 17.4. The SMILES string of the molecule is Nc1nc(/C=C/c2ccc(C(=O)Cc3ccccc3N)cc2)nc(N2CCCCC2)n1. The van der Waals surface area contributed by atoms with E-state index in [4.69, 9.17) is 11.5 Å². The van der Waals surface area contributed by atoms with Gasteiger partial charge in [-0.15, -0.1) is 0 Å². The maximum atomic E-state index is 12.6. The molecule has 1 saturated heterocycles. The van der Waals surface area contributed by atoms with Gasteiger partial charge in [-0.05, 0) is 42.5 Å². The second kappa shape index (κ2) is 9.38. The Labute approximate surface area is 181 Å². The molecule has 0 atom stereocenters. The van der Waals surface area contributed by atoms with Crippen LogP contribution in [-0.4, -0.2) is 33.8 Å². The lowest BCUT2D eigenvalue weighted by molar-refractivity contribution is 0.0993. The standard InChI is InChI=1S/C24H26N6O/c25-20-7-3-2-6-19(20)16-21(31)18-11-8-17(9-12-18)10-13-22-27-23(26)29-24(28-22)30-14-4-1-5-15-30/h2-3,6-13H,1,4-5,14-16,25H2,(H2,26,27,28,29)/b13-10+. The number of carbonyl (C=O) groups is 1. The maximum absolute atomic E-state index is 12.6. The molecule has 1 aromatic heterocycles. The van der Waals surface area contributed by atoms with Gasteiger partial charge in [-0.2, -0.15) is 15.0 Å². The lowest BCUT2D eigenvalue weighted by Crippen LogP contribution is -2.31. The third-order valence-electron chi connectivity index (χ3n) is 5.36. The van der Waals surface area contributed by atoms with Crippen molar-refractivity contribution in [3.8, 4) is 0 Å². The van der Waals surface area contributed by atoms with Crippen molar-refractivity contribution in [2.75, 3.05) is 29.5 Å². The summed E-state index contributed by atoms with van der Waals surface area (Å²) in [5, 5.41) is 0. The van der Waals surface area contributed by atoms with E-state index in [1.165, 1.54) is 6.42 Å². The number of nitrogen functional groups attached to an aromatic ring is 2. The lowest BCUT2D eigenvalue weighted by atomic mass is 10.0. The van der Waals surface area contributed by atoms with Gasteiger partial charge in [0.1, 0.15) is 0 Å². The fourth-order valence-electron chi connectivity index (χ4n) is 3.63. The smallest absolute Gasteiger partial charge is 0.230 e. The van der Waals surface area contributed by atoms with Crippen LogP contribution in [0.2, 0.25) is 0 Å². The van der Waals surface area contributed by atoms with Gasteiger partial charge in [0.05, 0.1) is 0 Å². The van der Waals surface area contributed by atoms with E-state index in [0.717, 1.165) is 37.1 Å². The zero-order valence-electron chi connectivity index (χ0n) is 17.4. The Morgan fingerprint density at radius 3 is 2.39 bits per heavy atom. The molecule has 2 aromatic carbocycles. The molecule has 4 N–H and O–H groups in total. The number of carbonyl (C=O) groups excluding carboxylic acids is 1. The highest BCUT2D eigenvalue weighted by Crippen LogP contribution is 2.18. The van der Waals surface area contributed by atoms with Crippen LogP contribution < -0.4 is 16.4 Å². The highest BCUT2D eigenvalue weighted by atomic mass is 16.1. The molecule has 0 unspecified atom stereocenters. The molecule has 4 rings (SSSR count). The van der Waals surface area contributed by atoms with Gasteiger partial charge >= 0.3 is 0 Å². The van der Waals surface area contributed by atoms with Gasteiger partial charge in [-0.25, -0.2) is 0 Å². The van der Waals surface area contributed by atoms with Crippen molar-refractivity contribution in [2.24, 2.45) is 0 Å². The van der Waals surface area contributed by atoms with Crippen LogP contribution in [0.5, 0.6) is 0 Å². The van der Waals surface area contributed by atoms with Crippen LogP contribution >= 0.6 is 0 Å². The first kappa shape index (κ1) is 20.5. The van der Waals surface area contributed by atoms with Crippen LogP contribution in [0, 0.1) is 0 Å². The summed E-state index contributed by atoms with van der Waals surface area (Å²) in [4.78, 5) is 27.8. The van der Waals surface area contributed by atoms with Gasteiger partial charge in [0.2, 0.25) is 11.9 Å². The maximum Gasteiger partial charge on any atom is 0.230 e. The first-order valence-electron chi connectivity index (χ1n) is 10.5. The molecule has 0 saturated carbocycles. The minimum atomic E-state index is 0.0323. The van der Waals surface area contributed by atoms with E-state index in [2.05, 4.69) is 19.9 Å². The summed E-state index contributed by atoms with van der Waals surface area (Å²) < 4.78 is 0. The van der Waals surface area contributed by atoms with E-state index in [-0.39, 0.29) is 18.2 Å². The number of rotatable bonds is 6. The Morgan fingerprint density at radius 2 is 1.65 bits per heavy atom. The third kappa shape index (κ3) is 5.25. The molecule has 0 bridgehead atoms. The molecular formula is C24H26N6O. The van der Waals surface area contributed by atoms with Crippen molar-refractivity contribution in [1.82, 2.24) is 15.0 Å². The van der Waals surface area contributed by atoms with Crippen LogP contribution in [0.15, 0.2) is 48.5 Å². The fraction of sp³-hybridized carbons (Fsp3) is 0.250. The third-order valence-corrected chi connectivity index (χ3v) is 5.36. The van der Waals surface area contributed by atoms with Gasteiger partial charge in [0.25, 0.3) is 0 Å². The normalized spacial score (nSPS) is 14.1. The number of hydrogen-bond acceptors (Lipinski definition) is 7. The second-order valence-corrected chi connectivity index (χ2v) is 7.65. The highest BCUT2D eigenvalue weighted by molar-refractivity contribution is 5.98. The molecule has 0 spiro atoms.